The molecular formula is C6H10F2LiO8P. The van der Waals surface area contributed by atoms with E-state index in [2.05, 4.69) is 4.94 Å². The van der Waals surface area contributed by atoms with Gasteiger partial charge in [-0.2, -0.15) is 0 Å². The molecule has 0 bridgehead atoms. The first kappa shape index (κ1) is 22.5. The second-order valence-corrected chi connectivity index (χ2v) is 3.68. The molecule has 0 heterocycles. The van der Waals surface area contributed by atoms with Gasteiger partial charge in [0.25, 0.3) is 0 Å². The van der Waals surface area contributed by atoms with E-state index in [1.54, 1.807) is 0 Å². The Balaban J connectivity index is -0.000000321. The molecule has 0 aromatic rings. The molecule has 0 aromatic heterocycles. The number of hydrogen-bond acceptors (Lipinski definition) is 5. The molecule has 0 saturated carbocycles. The molecule has 0 saturated heterocycles. The van der Waals surface area contributed by atoms with E-state index in [4.69, 9.17) is 19.2 Å². The molecule has 0 fully saturated rings. The zero-order chi connectivity index (χ0) is 14.4. The summed E-state index contributed by atoms with van der Waals surface area (Å²) in [4.78, 5) is 55.2. The van der Waals surface area contributed by atoms with Gasteiger partial charge in [0.05, 0.1) is 0 Å². The van der Waals surface area contributed by atoms with E-state index in [0.717, 1.165) is 0 Å². The molecule has 18 heavy (non-hydrogen) atoms. The molecular weight excluding hydrogens is 276 g/mol. The Labute approximate surface area is 112 Å². The topological polar surface area (TPSA) is 138 Å². The SMILES string of the molecule is CC(=O)C(F)(C(C)=O)C(=O)OF.O=P(O)(O)O.[LiH]. The fraction of sp³-hybridized carbons (Fsp3) is 0.500. The predicted octanol–water partition coefficient (Wildman–Crippen LogP) is -1.28. The zero-order valence-corrected chi connectivity index (χ0v) is 9.48. The summed E-state index contributed by atoms with van der Waals surface area (Å²) in [5.74, 6) is -4.95. The van der Waals surface area contributed by atoms with Gasteiger partial charge in [-0.1, -0.05) is 0 Å². The van der Waals surface area contributed by atoms with Gasteiger partial charge in [-0.3, -0.25) is 14.5 Å². The molecule has 102 valence electrons. The summed E-state index contributed by atoms with van der Waals surface area (Å²) < 4.78 is 33.1. The molecule has 0 rings (SSSR count). The van der Waals surface area contributed by atoms with E-state index >= 15 is 0 Å². The van der Waals surface area contributed by atoms with Gasteiger partial charge in [-0.05, 0) is 13.8 Å². The number of Topliss-reactive ketones (excluding diaryl/α,β-unsaturated/α-hetero) is 2. The Kier molecular flexibility index (Phi) is 10.6. The first-order valence-corrected chi connectivity index (χ1v) is 5.26. The molecule has 0 atom stereocenters. The third-order valence-electron chi connectivity index (χ3n) is 1.32. The van der Waals surface area contributed by atoms with Crippen molar-refractivity contribution in [2.24, 2.45) is 0 Å². The van der Waals surface area contributed by atoms with Crippen LogP contribution < -0.4 is 0 Å². The fourth-order valence-corrected chi connectivity index (χ4v) is 0.589. The zero-order valence-electron chi connectivity index (χ0n) is 8.59. The summed E-state index contributed by atoms with van der Waals surface area (Å²) in [6, 6.07) is 0. The Morgan fingerprint density at radius 3 is 1.39 bits per heavy atom. The van der Waals surface area contributed by atoms with E-state index in [1.165, 1.54) is 0 Å². The van der Waals surface area contributed by atoms with Crippen LogP contribution in [0, 0.1) is 0 Å². The minimum absolute atomic E-state index is 0. The van der Waals surface area contributed by atoms with Crippen LogP contribution in [0.5, 0.6) is 0 Å². The van der Waals surface area contributed by atoms with Crippen molar-refractivity contribution in [2.45, 2.75) is 19.5 Å². The monoisotopic (exact) mass is 286 g/mol. The van der Waals surface area contributed by atoms with Crippen molar-refractivity contribution in [3.05, 3.63) is 0 Å². The summed E-state index contributed by atoms with van der Waals surface area (Å²) in [6.07, 6.45) is 0. The predicted molar refractivity (Wildman–Crippen MR) is 53.8 cm³/mol. The molecule has 12 heteroatoms. The molecule has 8 nitrogen and oxygen atoms in total. The van der Waals surface area contributed by atoms with Crippen LogP contribution in [0.15, 0.2) is 0 Å². The van der Waals surface area contributed by atoms with Crippen LogP contribution in [-0.2, 0) is 23.9 Å². The van der Waals surface area contributed by atoms with E-state index in [1.807, 2.05) is 0 Å². The molecule has 3 N–H and O–H groups in total. The maximum absolute atomic E-state index is 13.0. The molecule has 0 spiro atoms. The average molecular weight is 286 g/mol. The van der Waals surface area contributed by atoms with Gasteiger partial charge in [0.15, 0.2) is 11.6 Å². The number of rotatable bonds is 3. The van der Waals surface area contributed by atoms with E-state index < -0.39 is 31.0 Å². The first-order valence-electron chi connectivity index (χ1n) is 3.69. The van der Waals surface area contributed by atoms with Crippen molar-refractivity contribution < 1.29 is 47.5 Å². The van der Waals surface area contributed by atoms with Gasteiger partial charge in [-0.15, -0.1) is 0 Å². The Bertz CT molecular complexity index is 344. The van der Waals surface area contributed by atoms with Crippen molar-refractivity contribution in [3.63, 3.8) is 0 Å². The molecule has 0 amide bonds. The van der Waals surface area contributed by atoms with Crippen LogP contribution >= 0.6 is 7.82 Å². The minimum atomic E-state index is -4.64. The number of phosphoric acid groups is 1. The van der Waals surface area contributed by atoms with Crippen LogP contribution in [0.2, 0.25) is 0 Å². The van der Waals surface area contributed by atoms with Crippen molar-refractivity contribution in [2.75, 3.05) is 0 Å². The summed E-state index contributed by atoms with van der Waals surface area (Å²) >= 11 is 0. The number of halogens is 2. The van der Waals surface area contributed by atoms with Crippen molar-refractivity contribution >= 4 is 44.2 Å². The summed E-state index contributed by atoms with van der Waals surface area (Å²) in [5.41, 5.74) is -3.51. The Morgan fingerprint density at radius 1 is 1.11 bits per heavy atom. The van der Waals surface area contributed by atoms with Crippen molar-refractivity contribution in [3.8, 4) is 0 Å². The summed E-state index contributed by atoms with van der Waals surface area (Å²) in [6.45, 7) is 1.30. The standard InChI is InChI=1S/C6H6F2O4.Li.H3O4P.H/c1-3(9)6(7,4(2)10)5(11)12-8;;1-5(2,3)4;/h1-2H3;;(H3,1,2,3,4);. The average Bonchev–Trinajstić information content (AvgIpc) is 2.11. The van der Waals surface area contributed by atoms with Gasteiger partial charge in [0.1, 0.15) is 0 Å². The molecule has 0 aliphatic carbocycles. The molecule has 0 aromatic carbocycles. The summed E-state index contributed by atoms with van der Waals surface area (Å²) in [5, 5.41) is 0. The number of carbonyl (C=O) groups excluding carboxylic acids is 3. The van der Waals surface area contributed by atoms with E-state index in [0.29, 0.717) is 13.8 Å². The third kappa shape index (κ3) is 8.47. The number of carbonyl (C=O) groups is 3. The van der Waals surface area contributed by atoms with Crippen LogP contribution in [0.4, 0.5) is 8.92 Å². The normalized spacial score (nSPS) is 10.4. The second-order valence-electron chi connectivity index (χ2n) is 2.65. The number of hydrogen-bond donors (Lipinski definition) is 3. The molecule has 0 unspecified atom stereocenters. The molecule has 0 radical (unpaired) electrons. The van der Waals surface area contributed by atoms with Crippen LogP contribution in [0.3, 0.4) is 0 Å². The van der Waals surface area contributed by atoms with Gasteiger partial charge in [-0.25, -0.2) is 13.8 Å². The van der Waals surface area contributed by atoms with Gasteiger partial charge < -0.3 is 14.7 Å². The quantitative estimate of drug-likeness (QED) is 0.331. The van der Waals surface area contributed by atoms with Crippen LogP contribution in [0.1, 0.15) is 13.8 Å². The third-order valence-corrected chi connectivity index (χ3v) is 1.32. The Morgan fingerprint density at radius 2 is 1.33 bits per heavy atom. The maximum atomic E-state index is 13.0. The van der Waals surface area contributed by atoms with E-state index in [-0.39, 0.29) is 18.9 Å². The van der Waals surface area contributed by atoms with Crippen LogP contribution in [0.25, 0.3) is 0 Å². The number of ketones is 2. The number of alkyl halides is 1. The van der Waals surface area contributed by atoms with Crippen LogP contribution in [-0.4, -0.2) is 56.7 Å². The summed E-state index contributed by atoms with van der Waals surface area (Å²) in [7, 11) is -4.64. The molecule has 0 aliphatic rings. The van der Waals surface area contributed by atoms with Gasteiger partial charge in [0, 0.05) is 4.53 Å². The Hall–Kier alpha value is -0.623. The van der Waals surface area contributed by atoms with Gasteiger partial charge in [0.2, 0.25) is 0 Å². The van der Waals surface area contributed by atoms with E-state index in [9.17, 15) is 23.3 Å². The molecule has 0 aliphatic heterocycles. The van der Waals surface area contributed by atoms with Crippen molar-refractivity contribution in [1.29, 1.82) is 0 Å². The second kappa shape index (κ2) is 8.47. The first-order chi connectivity index (χ1) is 7.37. The fourth-order valence-electron chi connectivity index (χ4n) is 0.589. The van der Waals surface area contributed by atoms with Crippen molar-refractivity contribution in [1.82, 2.24) is 0 Å². The van der Waals surface area contributed by atoms with Gasteiger partial charge >= 0.3 is 38.3 Å².